The van der Waals surface area contributed by atoms with Crippen molar-refractivity contribution in [3.8, 4) is 0 Å². The molecular weight excluding hydrogens is 160 g/mol. The van der Waals surface area contributed by atoms with Crippen molar-refractivity contribution in [1.82, 2.24) is 0 Å². The fourth-order valence-electron chi connectivity index (χ4n) is 1.70. The van der Waals surface area contributed by atoms with Gasteiger partial charge in [0.1, 0.15) is 6.10 Å². The van der Waals surface area contributed by atoms with Crippen molar-refractivity contribution in [2.75, 3.05) is 0 Å². The summed E-state index contributed by atoms with van der Waals surface area (Å²) in [6, 6.07) is 10.5. The van der Waals surface area contributed by atoms with Crippen LogP contribution in [0, 0.1) is 0 Å². The number of hydrogen-bond donors (Lipinski definition) is 0. The summed E-state index contributed by atoms with van der Waals surface area (Å²) in [6.45, 7) is 2.22. The Hall–Kier alpha value is -0.820. The summed E-state index contributed by atoms with van der Waals surface area (Å²) >= 11 is 0. The topological polar surface area (TPSA) is 12.5 Å². The first kappa shape index (κ1) is 8.76. The molecule has 0 bridgehead atoms. The third kappa shape index (κ3) is 2.10. The zero-order chi connectivity index (χ0) is 9.10. The number of epoxide rings is 1. The van der Waals surface area contributed by atoms with Gasteiger partial charge >= 0.3 is 0 Å². The van der Waals surface area contributed by atoms with Crippen LogP contribution in [-0.2, 0) is 4.74 Å². The third-order valence-electron chi connectivity index (χ3n) is 2.55. The molecule has 1 aromatic rings. The van der Waals surface area contributed by atoms with Crippen molar-refractivity contribution >= 4 is 0 Å². The van der Waals surface area contributed by atoms with Crippen LogP contribution >= 0.6 is 0 Å². The van der Waals surface area contributed by atoms with Crippen LogP contribution in [0.5, 0.6) is 0 Å². The maximum Gasteiger partial charge on any atom is 0.109 e. The van der Waals surface area contributed by atoms with Gasteiger partial charge in [0.15, 0.2) is 0 Å². The molecular formula is C12H16O. The van der Waals surface area contributed by atoms with Crippen molar-refractivity contribution in [2.24, 2.45) is 0 Å². The predicted molar refractivity (Wildman–Crippen MR) is 53.6 cm³/mol. The molecule has 1 fully saturated rings. The van der Waals surface area contributed by atoms with Crippen molar-refractivity contribution in [3.63, 3.8) is 0 Å². The molecule has 1 heteroatoms. The van der Waals surface area contributed by atoms with Crippen LogP contribution in [0.15, 0.2) is 30.3 Å². The molecule has 0 aliphatic carbocycles. The lowest BCUT2D eigenvalue weighted by Gasteiger charge is -1.94. The zero-order valence-electron chi connectivity index (χ0n) is 8.07. The summed E-state index contributed by atoms with van der Waals surface area (Å²) in [7, 11) is 0. The molecule has 1 aliphatic rings. The van der Waals surface area contributed by atoms with Gasteiger partial charge in [0, 0.05) is 0 Å². The van der Waals surface area contributed by atoms with E-state index < -0.39 is 0 Å². The molecule has 0 spiro atoms. The Labute approximate surface area is 79.7 Å². The Balaban J connectivity index is 1.86. The number of benzene rings is 1. The Kier molecular flexibility index (Phi) is 2.65. The average molecular weight is 176 g/mol. The second-order valence-corrected chi connectivity index (χ2v) is 3.65. The number of unbranched alkanes of at least 4 members (excludes halogenated alkanes) is 1. The summed E-state index contributed by atoms with van der Waals surface area (Å²) in [5.74, 6) is 0. The molecule has 1 nitrogen and oxygen atoms in total. The van der Waals surface area contributed by atoms with Gasteiger partial charge in [0.2, 0.25) is 0 Å². The van der Waals surface area contributed by atoms with Gasteiger partial charge in [-0.25, -0.2) is 0 Å². The van der Waals surface area contributed by atoms with Gasteiger partial charge in [-0.1, -0.05) is 50.1 Å². The fraction of sp³-hybridized carbons (Fsp3) is 0.500. The van der Waals surface area contributed by atoms with E-state index in [9.17, 15) is 0 Å². The Bertz CT molecular complexity index is 255. The normalized spacial score (nSPS) is 25.9. The second kappa shape index (κ2) is 3.93. The van der Waals surface area contributed by atoms with Gasteiger partial charge < -0.3 is 4.74 Å². The largest absolute Gasteiger partial charge is 0.365 e. The number of hydrogen-bond acceptors (Lipinski definition) is 1. The second-order valence-electron chi connectivity index (χ2n) is 3.65. The standard InChI is InChI=1S/C12H16O/c1-2-3-9-11-12(13-11)10-7-5-4-6-8-10/h4-8,11-12H,2-3,9H2,1H3/t11-,12-/m0/s1. The molecule has 0 N–H and O–H groups in total. The summed E-state index contributed by atoms with van der Waals surface area (Å²) in [6.07, 6.45) is 4.67. The van der Waals surface area contributed by atoms with Crippen LogP contribution < -0.4 is 0 Å². The Morgan fingerprint density at radius 1 is 1.23 bits per heavy atom. The monoisotopic (exact) mass is 176 g/mol. The smallest absolute Gasteiger partial charge is 0.109 e. The van der Waals surface area contributed by atoms with Crippen LogP contribution in [0.4, 0.5) is 0 Å². The maximum absolute atomic E-state index is 5.61. The summed E-state index contributed by atoms with van der Waals surface area (Å²) in [5.41, 5.74) is 1.34. The molecule has 0 saturated carbocycles. The van der Waals surface area contributed by atoms with E-state index in [1.807, 2.05) is 6.07 Å². The van der Waals surface area contributed by atoms with Gasteiger partial charge in [0.25, 0.3) is 0 Å². The van der Waals surface area contributed by atoms with Crippen LogP contribution in [0.2, 0.25) is 0 Å². The minimum Gasteiger partial charge on any atom is -0.365 e. The lowest BCUT2D eigenvalue weighted by Crippen LogP contribution is -1.88. The Morgan fingerprint density at radius 2 is 2.00 bits per heavy atom. The summed E-state index contributed by atoms with van der Waals surface area (Å²) < 4.78 is 5.61. The molecule has 0 aromatic heterocycles. The van der Waals surface area contributed by atoms with E-state index >= 15 is 0 Å². The van der Waals surface area contributed by atoms with Crippen molar-refractivity contribution < 1.29 is 4.74 Å². The van der Waals surface area contributed by atoms with Crippen molar-refractivity contribution in [1.29, 1.82) is 0 Å². The van der Waals surface area contributed by atoms with Crippen LogP contribution in [0.3, 0.4) is 0 Å². The van der Waals surface area contributed by atoms with E-state index in [-0.39, 0.29) is 0 Å². The lowest BCUT2D eigenvalue weighted by atomic mass is 10.1. The molecule has 1 aromatic carbocycles. The van der Waals surface area contributed by atoms with Gasteiger partial charge in [-0.2, -0.15) is 0 Å². The van der Waals surface area contributed by atoms with E-state index in [1.54, 1.807) is 0 Å². The number of ether oxygens (including phenoxy) is 1. The van der Waals surface area contributed by atoms with Gasteiger partial charge in [-0.05, 0) is 12.0 Å². The molecule has 1 heterocycles. The quantitative estimate of drug-likeness (QED) is 0.641. The minimum absolute atomic E-state index is 0.396. The van der Waals surface area contributed by atoms with E-state index in [1.165, 1.54) is 24.8 Å². The predicted octanol–water partition coefficient (Wildman–Crippen LogP) is 3.32. The SMILES string of the molecule is CCCC[C@@H]1O[C@H]1c1ccccc1. The van der Waals surface area contributed by atoms with Crippen LogP contribution in [0.25, 0.3) is 0 Å². The summed E-state index contributed by atoms with van der Waals surface area (Å²) in [5, 5.41) is 0. The van der Waals surface area contributed by atoms with Crippen LogP contribution in [-0.4, -0.2) is 6.10 Å². The first-order valence-corrected chi connectivity index (χ1v) is 5.12. The Morgan fingerprint density at radius 3 is 2.69 bits per heavy atom. The molecule has 0 unspecified atom stereocenters. The molecule has 1 aliphatic heterocycles. The third-order valence-corrected chi connectivity index (χ3v) is 2.55. The lowest BCUT2D eigenvalue weighted by molar-refractivity contribution is 0.362. The molecule has 13 heavy (non-hydrogen) atoms. The highest BCUT2D eigenvalue weighted by Gasteiger charge is 2.38. The average Bonchev–Trinajstić information content (AvgIpc) is 2.95. The van der Waals surface area contributed by atoms with Gasteiger partial charge in [0.05, 0.1) is 6.10 Å². The van der Waals surface area contributed by atoms with Gasteiger partial charge in [-0.15, -0.1) is 0 Å². The molecule has 0 amide bonds. The van der Waals surface area contributed by atoms with E-state index in [4.69, 9.17) is 4.74 Å². The van der Waals surface area contributed by atoms with E-state index in [0.717, 1.165) is 0 Å². The van der Waals surface area contributed by atoms with Crippen molar-refractivity contribution in [3.05, 3.63) is 35.9 Å². The zero-order valence-corrected chi connectivity index (χ0v) is 8.07. The highest BCUT2D eigenvalue weighted by molar-refractivity contribution is 5.22. The molecule has 1 saturated heterocycles. The minimum atomic E-state index is 0.396. The van der Waals surface area contributed by atoms with E-state index in [2.05, 4.69) is 31.2 Å². The van der Waals surface area contributed by atoms with Crippen LogP contribution in [0.1, 0.15) is 37.9 Å². The first-order chi connectivity index (χ1) is 6.42. The highest BCUT2D eigenvalue weighted by atomic mass is 16.6. The van der Waals surface area contributed by atoms with Crippen molar-refractivity contribution in [2.45, 2.75) is 38.4 Å². The highest BCUT2D eigenvalue weighted by Crippen LogP contribution is 2.41. The molecule has 2 atom stereocenters. The molecule has 70 valence electrons. The van der Waals surface area contributed by atoms with E-state index in [0.29, 0.717) is 12.2 Å². The maximum atomic E-state index is 5.61. The first-order valence-electron chi connectivity index (χ1n) is 5.12. The molecule has 2 rings (SSSR count). The fourth-order valence-corrected chi connectivity index (χ4v) is 1.70. The summed E-state index contributed by atoms with van der Waals surface area (Å²) in [4.78, 5) is 0. The number of rotatable bonds is 4. The van der Waals surface area contributed by atoms with Gasteiger partial charge in [-0.3, -0.25) is 0 Å². The molecule has 0 radical (unpaired) electrons.